The average Bonchev–Trinajstić information content (AvgIpc) is 3.78. The van der Waals surface area contributed by atoms with Crippen LogP contribution in [-0.4, -0.2) is 94.2 Å². The predicted molar refractivity (Wildman–Crippen MR) is 234 cm³/mol. The number of benzene rings is 2. The lowest BCUT2D eigenvalue weighted by Crippen LogP contribution is -2.49. The molecule has 3 aromatic rings. The quantitative estimate of drug-likeness (QED) is 0.0218. The highest BCUT2D eigenvalue weighted by atomic mass is 16.7. The smallest absolute Gasteiger partial charge is 0.363 e. The first-order chi connectivity index (χ1) is 30.3. The third-order valence-electron chi connectivity index (χ3n) is 10.1. The maximum atomic E-state index is 13.7. The Kier molecular flexibility index (Phi) is 21.2. The van der Waals surface area contributed by atoms with Crippen LogP contribution in [0.15, 0.2) is 52.9 Å². The van der Waals surface area contributed by atoms with Gasteiger partial charge in [0.1, 0.15) is 23.3 Å². The van der Waals surface area contributed by atoms with Crippen LogP contribution in [0, 0.1) is 5.92 Å². The highest BCUT2D eigenvalue weighted by Gasteiger charge is 2.34. The number of amides is 4. The van der Waals surface area contributed by atoms with Gasteiger partial charge in [-0.2, -0.15) is 5.06 Å². The van der Waals surface area contributed by atoms with E-state index in [-0.39, 0.29) is 60.6 Å². The second-order valence-electron chi connectivity index (χ2n) is 14.9. The Hall–Kier alpha value is -6.33. The van der Waals surface area contributed by atoms with E-state index >= 15 is 0 Å². The molecular formula is C45H61BN4O13. The van der Waals surface area contributed by atoms with Crippen molar-refractivity contribution in [2.24, 2.45) is 5.92 Å². The Morgan fingerprint density at radius 1 is 0.873 bits per heavy atom. The van der Waals surface area contributed by atoms with E-state index in [0.29, 0.717) is 42.5 Å². The number of methoxy groups -OCH3 is 1. The van der Waals surface area contributed by atoms with Crippen molar-refractivity contribution in [1.82, 2.24) is 21.0 Å². The van der Waals surface area contributed by atoms with Crippen molar-refractivity contribution < 1.29 is 61.7 Å². The molecule has 3 N–H and O–H groups in total. The predicted octanol–water partition coefficient (Wildman–Crippen LogP) is 5.41. The number of ether oxygens (including phenoxy) is 3. The van der Waals surface area contributed by atoms with E-state index in [9.17, 15) is 33.6 Å². The van der Waals surface area contributed by atoms with Crippen molar-refractivity contribution in [2.45, 2.75) is 111 Å². The van der Waals surface area contributed by atoms with Gasteiger partial charge in [-0.25, -0.2) is 4.79 Å². The Bertz CT molecular complexity index is 2020. The summed E-state index contributed by atoms with van der Waals surface area (Å²) in [6.45, 7) is 11.4. The number of nitrogens with zero attached hydrogens (tertiary/aromatic N) is 1. The normalized spacial score (nSPS) is 12.3. The molecule has 0 radical (unpaired) electrons. The maximum absolute atomic E-state index is 13.7. The molecule has 0 unspecified atom stereocenters. The van der Waals surface area contributed by atoms with Gasteiger partial charge in [-0.1, -0.05) is 66.4 Å². The first-order valence-corrected chi connectivity index (χ1v) is 21.4. The molecule has 0 aliphatic carbocycles. The summed E-state index contributed by atoms with van der Waals surface area (Å²) in [7, 11) is 2.67. The number of hydrogen-bond donors (Lipinski definition) is 3. The fourth-order valence-electron chi connectivity index (χ4n) is 6.71. The highest BCUT2D eigenvalue weighted by molar-refractivity contribution is 6.08. The summed E-state index contributed by atoms with van der Waals surface area (Å²) in [4.78, 5) is 96.5. The number of rotatable bonds is 27. The first-order valence-electron chi connectivity index (χ1n) is 21.4. The zero-order valence-corrected chi connectivity index (χ0v) is 37.5. The molecular weight excluding hydrogens is 815 g/mol. The van der Waals surface area contributed by atoms with Gasteiger partial charge in [0.2, 0.25) is 12.3 Å². The molecule has 17 nitrogen and oxygen atoms in total. The zero-order chi connectivity index (χ0) is 46.5. The van der Waals surface area contributed by atoms with Crippen LogP contribution >= 0.6 is 0 Å². The second kappa shape index (κ2) is 26.2. The summed E-state index contributed by atoms with van der Waals surface area (Å²) >= 11 is 0. The van der Waals surface area contributed by atoms with E-state index in [1.165, 1.54) is 25.3 Å². The van der Waals surface area contributed by atoms with Crippen molar-refractivity contribution in [1.29, 1.82) is 0 Å². The molecule has 0 bridgehead atoms. The van der Waals surface area contributed by atoms with E-state index in [4.69, 9.17) is 28.1 Å². The lowest BCUT2D eigenvalue weighted by Gasteiger charge is -2.32. The Morgan fingerprint density at radius 3 is 2.24 bits per heavy atom. The van der Waals surface area contributed by atoms with Gasteiger partial charge in [0.15, 0.2) is 5.76 Å². The number of esters is 1. The van der Waals surface area contributed by atoms with E-state index in [1.54, 1.807) is 44.2 Å². The van der Waals surface area contributed by atoms with Gasteiger partial charge in [0.05, 0.1) is 56.5 Å². The molecule has 1 heterocycles. The summed E-state index contributed by atoms with van der Waals surface area (Å²) in [5.74, 6) is -3.95. The molecule has 0 aliphatic heterocycles. The zero-order valence-electron chi connectivity index (χ0n) is 37.5. The van der Waals surface area contributed by atoms with Gasteiger partial charge < -0.3 is 44.1 Å². The third kappa shape index (κ3) is 14.9. The van der Waals surface area contributed by atoms with Gasteiger partial charge >= 0.3 is 26.0 Å². The molecule has 0 fully saturated rings. The molecule has 1 aromatic heterocycles. The fraction of sp³-hybridized carbons (Fsp3) is 0.489. The molecule has 63 heavy (non-hydrogen) atoms. The molecule has 0 spiro atoms. The van der Waals surface area contributed by atoms with Crippen molar-refractivity contribution in [3.63, 3.8) is 0 Å². The van der Waals surface area contributed by atoms with Crippen LogP contribution in [0.25, 0.3) is 11.3 Å². The number of carbonyl (C=O) groups excluding carboxylic acids is 7. The van der Waals surface area contributed by atoms with Crippen LogP contribution in [0.1, 0.15) is 136 Å². The molecule has 342 valence electrons. The summed E-state index contributed by atoms with van der Waals surface area (Å²) in [6.07, 6.45) is 4.51. The molecule has 3 rings (SSSR count). The van der Waals surface area contributed by atoms with Gasteiger partial charge in [0, 0.05) is 5.56 Å². The molecule has 0 saturated heterocycles. The van der Waals surface area contributed by atoms with Crippen molar-refractivity contribution in [3.05, 3.63) is 71.0 Å². The Morgan fingerprint density at radius 2 is 1.60 bits per heavy atom. The number of nitrogens with one attached hydrogen (secondary N) is 3. The standard InChI is InChI=1S/C45H61BN4O13/c1-8-12-14-15-32(36(10-3)50(27-51)63-44(56)31-19-17-30(58-7)24-34(31)28(5)6)41(53)47-26-48-43(55)38-21-20-37(61-38)29-16-18-33(39(23-29)59-11-4)42(54)49-35(45(57)62-46)25-40(52)60-22-13-9-2/h16-21,23-24,27-28,32,35-36H,8-15,22,25-26,46H2,1-7H3,(H,47,53)(H,48,55)(H,49,54)/t32-,35+,36-/m1/s1. The Balaban J connectivity index is 1.72. The minimum Gasteiger partial charge on any atom is -0.542 e. The number of hydrogen-bond acceptors (Lipinski definition) is 13. The van der Waals surface area contributed by atoms with Crippen molar-refractivity contribution in [3.8, 4) is 22.8 Å². The van der Waals surface area contributed by atoms with Gasteiger partial charge in [-0.3, -0.25) is 28.8 Å². The minimum atomic E-state index is -1.30. The molecule has 0 aliphatic rings. The fourth-order valence-corrected chi connectivity index (χ4v) is 6.71. The molecule has 3 atom stereocenters. The summed E-state index contributed by atoms with van der Waals surface area (Å²) < 4.78 is 26.8. The monoisotopic (exact) mass is 876 g/mol. The number of unbranched alkanes of at least 4 members (excludes halogenated alkanes) is 3. The van der Waals surface area contributed by atoms with Gasteiger partial charge in [-0.05, 0) is 80.1 Å². The summed E-state index contributed by atoms with van der Waals surface area (Å²) in [5, 5.41) is 8.78. The molecule has 2 aromatic carbocycles. The minimum absolute atomic E-state index is 0.0545. The SMILES string of the molecule is BOC(=O)[C@H](CC(=O)OCCCC)NC(=O)c1ccc(-c2ccc(C(=O)NCNC(=O)[C@H](CCCCC)[C@@H](CC)N(C=O)OC(=O)c3ccc(OC)cc3C(C)C)o2)cc1OCC. The summed E-state index contributed by atoms with van der Waals surface area (Å²) in [5.41, 5.74) is 1.47. The van der Waals surface area contributed by atoms with Crippen LogP contribution in [0.5, 0.6) is 11.5 Å². The lowest BCUT2D eigenvalue weighted by molar-refractivity contribution is -0.171. The van der Waals surface area contributed by atoms with Crippen LogP contribution in [0.3, 0.4) is 0 Å². The number of hydroxylamine groups is 2. The molecule has 18 heteroatoms. The van der Waals surface area contributed by atoms with Crippen molar-refractivity contribution in [2.75, 3.05) is 27.0 Å². The van der Waals surface area contributed by atoms with E-state index in [2.05, 4.69) is 16.0 Å². The second-order valence-corrected chi connectivity index (χ2v) is 14.9. The van der Waals surface area contributed by atoms with E-state index in [0.717, 1.165) is 32.4 Å². The van der Waals surface area contributed by atoms with Crippen LogP contribution in [0.4, 0.5) is 0 Å². The topological polar surface area (TPSA) is 218 Å². The molecule has 4 amide bonds. The van der Waals surface area contributed by atoms with Crippen LogP contribution in [-0.2, 0) is 33.4 Å². The summed E-state index contributed by atoms with van der Waals surface area (Å²) in [6, 6.07) is 10.4. The Labute approximate surface area is 369 Å². The third-order valence-corrected chi connectivity index (χ3v) is 10.1. The number of carbonyl (C=O) groups is 7. The van der Waals surface area contributed by atoms with E-state index in [1.807, 2.05) is 27.7 Å². The highest BCUT2D eigenvalue weighted by Crippen LogP contribution is 2.30. The first kappa shape index (κ1) is 51.0. The largest absolute Gasteiger partial charge is 0.542 e. The van der Waals surface area contributed by atoms with Crippen LogP contribution < -0.4 is 25.4 Å². The average molecular weight is 877 g/mol. The van der Waals surface area contributed by atoms with Gasteiger partial charge in [-0.15, -0.1) is 0 Å². The van der Waals surface area contributed by atoms with Crippen molar-refractivity contribution >= 4 is 50.1 Å². The molecule has 0 saturated carbocycles. The lowest BCUT2D eigenvalue weighted by atomic mass is 9.90. The van der Waals surface area contributed by atoms with E-state index < -0.39 is 60.1 Å². The maximum Gasteiger partial charge on any atom is 0.363 e. The number of furan rings is 1. The van der Waals surface area contributed by atoms with Crippen LogP contribution in [0.2, 0.25) is 0 Å². The van der Waals surface area contributed by atoms with Gasteiger partial charge in [0.25, 0.3) is 11.8 Å².